The summed E-state index contributed by atoms with van der Waals surface area (Å²) in [5.74, 6) is 0.726. The molecule has 0 saturated carbocycles. The first-order valence-electron chi connectivity index (χ1n) is 6.72. The monoisotopic (exact) mass is 331 g/mol. The Labute approximate surface area is 132 Å². The number of aromatic hydroxyl groups is 1. The highest BCUT2D eigenvalue weighted by molar-refractivity contribution is 7.52. The first kappa shape index (κ1) is 15.3. The molecule has 7 heteroatoms. The normalized spacial score (nSPS) is 13.7. The van der Waals surface area contributed by atoms with Crippen LogP contribution in [0.25, 0.3) is 28.6 Å². The molecule has 23 heavy (non-hydrogen) atoms. The van der Waals surface area contributed by atoms with Crippen molar-refractivity contribution in [3.05, 3.63) is 48.5 Å². The Morgan fingerprint density at radius 3 is 2.61 bits per heavy atom. The number of phenols is 1. The Balaban J connectivity index is 2.00. The van der Waals surface area contributed by atoms with Crippen molar-refractivity contribution in [2.24, 2.45) is 0 Å². The Kier molecular flexibility index (Phi) is 3.72. The second-order valence-corrected chi connectivity index (χ2v) is 6.81. The van der Waals surface area contributed by atoms with Crippen LogP contribution in [0.15, 0.2) is 47.4 Å². The molecule has 0 saturated heterocycles. The molecule has 6 nitrogen and oxygen atoms in total. The summed E-state index contributed by atoms with van der Waals surface area (Å²) in [6.07, 6.45) is 1.58. The van der Waals surface area contributed by atoms with Gasteiger partial charge in [0.2, 0.25) is 5.89 Å². The largest absolute Gasteiger partial charge is 0.508 e. The van der Waals surface area contributed by atoms with Gasteiger partial charge >= 0.3 is 7.60 Å². The van der Waals surface area contributed by atoms with E-state index in [1.165, 1.54) is 6.07 Å². The summed E-state index contributed by atoms with van der Waals surface area (Å²) in [6.45, 7) is 4.80. The van der Waals surface area contributed by atoms with E-state index in [1.54, 1.807) is 36.4 Å². The van der Waals surface area contributed by atoms with Crippen LogP contribution in [0.1, 0.15) is 5.56 Å². The Morgan fingerprint density at radius 2 is 2.00 bits per heavy atom. The number of fused-ring (bicyclic) bond motifs is 1. The molecule has 0 aliphatic heterocycles. The Morgan fingerprint density at radius 1 is 1.30 bits per heavy atom. The molecule has 1 aromatic heterocycles. The van der Waals surface area contributed by atoms with Crippen LogP contribution >= 0.6 is 7.60 Å². The highest BCUT2D eigenvalue weighted by atomic mass is 31.2. The third-order valence-electron chi connectivity index (χ3n) is 3.10. The molecule has 3 aromatic rings. The van der Waals surface area contributed by atoms with Gasteiger partial charge in [0, 0.05) is 23.9 Å². The zero-order valence-corrected chi connectivity index (χ0v) is 13.2. The summed E-state index contributed by atoms with van der Waals surface area (Å²) in [5, 5.41) is 9.67. The fourth-order valence-corrected chi connectivity index (χ4v) is 2.69. The van der Waals surface area contributed by atoms with E-state index in [0.29, 0.717) is 28.1 Å². The molecule has 0 aliphatic rings. The van der Waals surface area contributed by atoms with Crippen LogP contribution in [-0.4, -0.2) is 21.6 Å². The van der Waals surface area contributed by atoms with Crippen LogP contribution in [-0.2, 0) is 4.57 Å². The molecule has 2 N–H and O–H groups in total. The third kappa shape index (κ3) is 3.28. The maximum absolute atomic E-state index is 11.2. The Hall–Kier alpha value is -2.56. The van der Waals surface area contributed by atoms with Gasteiger partial charge in [-0.2, -0.15) is 0 Å². The number of rotatable bonds is 4. The lowest BCUT2D eigenvalue weighted by Crippen LogP contribution is -1.89. The Bertz CT molecular complexity index is 924. The molecule has 2 aromatic carbocycles. The third-order valence-corrected chi connectivity index (χ3v) is 3.65. The molecule has 3 rings (SSSR count). The van der Waals surface area contributed by atoms with Gasteiger partial charge in [0.15, 0.2) is 5.58 Å². The molecule has 0 bridgehead atoms. The van der Waals surface area contributed by atoms with E-state index in [4.69, 9.17) is 8.94 Å². The molecule has 0 fully saturated rings. The van der Waals surface area contributed by atoms with Crippen molar-refractivity contribution in [3.63, 3.8) is 0 Å². The zero-order chi connectivity index (χ0) is 16.6. The number of hydrogen-bond donors (Lipinski definition) is 2. The minimum atomic E-state index is -3.59. The predicted octanol–water partition coefficient (Wildman–Crippen LogP) is 4.04. The predicted molar refractivity (Wildman–Crippen MR) is 87.6 cm³/mol. The van der Waals surface area contributed by atoms with Gasteiger partial charge in [0.05, 0.1) is 0 Å². The number of hydrogen-bond acceptors (Lipinski definition) is 5. The molecule has 0 spiro atoms. The topological polar surface area (TPSA) is 92.8 Å². The molecular weight excluding hydrogens is 317 g/mol. The van der Waals surface area contributed by atoms with Gasteiger partial charge in [-0.25, -0.2) is 9.55 Å². The average molecular weight is 331 g/mol. The number of phenolic OH excluding ortho intramolecular Hbond substituents is 1. The minimum Gasteiger partial charge on any atom is -0.508 e. The van der Waals surface area contributed by atoms with E-state index in [0.717, 1.165) is 6.66 Å². The van der Waals surface area contributed by atoms with Crippen molar-refractivity contribution in [1.29, 1.82) is 0 Å². The second kappa shape index (κ2) is 5.57. The molecule has 1 heterocycles. The number of benzene rings is 2. The fraction of sp³-hybridized carbons (Fsp3) is 0.0625. The van der Waals surface area contributed by atoms with Gasteiger partial charge in [-0.3, -0.25) is 0 Å². The van der Waals surface area contributed by atoms with Gasteiger partial charge in [-0.15, -0.1) is 0 Å². The average Bonchev–Trinajstić information content (AvgIpc) is 2.89. The standard InChI is InChI=1S/C16H14NO5P/c1-3-10-8-12(18)9-14-15(10)21-16(17-14)11-4-6-13(7-5-11)22-23(2,19)20/h3-9,18H,1H2,2H3,(H,19,20). The van der Waals surface area contributed by atoms with E-state index >= 15 is 0 Å². The van der Waals surface area contributed by atoms with Crippen molar-refractivity contribution in [2.45, 2.75) is 0 Å². The summed E-state index contributed by atoms with van der Waals surface area (Å²) < 4.78 is 21.9. The molecule has 0 aliphatic carbocycles. The quantitative estimate of drug-likeness (QED) is 0.701. The van der Waals surface area contributed by atoms with Gasteiger partial charge in [0.25, 0.3) is 0 Å². The summed E-state index contributed by atoms with van der Waals surface area (Å²) in [5.41, 5.74) is 2.36. The molecule has 118 valence electrons. The van der Waals surface area contributed by atoms with E-state index in [1.807, 2.05) is 0 Å². The maximum atomic E-state index is 11.2. The van der Waals surface area contributed by atoms with Crippen molar-refractivity contribution in [2.75, 3.05) is 6.66 Å². The summed E-state index contributed by atoms with van der Waals surface area (Å²) in [4.78, 5) is 13.5. The minimum absolute atomic E-state index is 0.0812. The molecule has 1 atom stereocenters. The molecule has 1 unspecified atom stereocenters. The number of aromatic nitrogens is 1. The summed E-state index contributed by atoms with van der Waals surface area (Å²) in [7, 11) is -3.59. The molecular formula is C16H14NO5P. The van der Waals surface area contributed by atoms with Gasteiger partial charge < -0.3 is 18.9 Å². The van der Waals surface area contributed by atoms with E-state index < -0.39 is 7.60 Å². The van der Waals surface area contributed by atoms with Crippen LogP contribution in [0, 0.1) is 0 Å². The molecule has 0 amide bonds. The van der Waals surface area contributed by atoms with Crippen LogP contribution in [0.3, 0.4) is 0 Å². The van der Waals surface area contributed by atoms with Gasteiger partial charge in [-0.05, 0) is 30.3 Å². The van der Waals surface area contributed by atoms with E-state index in [2.05, 4.69) is 11.6 Å². The lowest BCUT2D eigenvalue weighted by Gasteiger charge is -2.08. The van der Waals surface area contributed by atoms with E-state index in [-0.39, 0.29) is 11.5 Å². The lowest BCUT2D eigenvalue weighted by atomic mass is 10.2. The number of oxazole rings is 1. The first-order valence-corrected chi connectivity index (χ1v) is 8.74. The molecule has 0 radical (unpaired) electrons. The van der Waals surface area contributed by atoms with Crippen LogP contribution in [0.2, 0.25) is 0 Å². The van der Waals surface area contributed by atoms with Gasteiger partial charge in [0.1, 0.15) is 17.0 Å². The van der Waals surface area contributed by atoms with Crippen molar-refractivity contribution in [1.82, 2.24) is 4.98 Å². The summed E-state index contributed by atoms with van der Waals surface area (Å²) >= 11 is 0. The second-order valence-electron chi connectivity index (χ2n) is 5.03. The van der Waals surface area contributed by atoms with Crippen LogP contribution in [0.5, 0.6) is 11.5 Å². The summed E-state index contributed by atoms with van der Waals surface area (Å²) in [6, 6.07) is 9.50. The highest BCUT2D eigenvalue weighted by Crippen LogP contribution is 2.38. The zero-order valence-electron chi connectivity index (χ0n) is 12.3. The SMILES string of the molecule is C=Cc1cc(O)cc2nc(-c3ccc(OP(C)(=O)O)cc3)oc12. The fourth-order valence-electron chi connectivity index (χ4n) is 2.17. The van der Waals surface area contributed by atoms with E-state index in [9.17, 15) is 14.6 Å². The maximum Gasteiger partial charge on any atom is 0.373 e. The number of nitrogens with zero attached hydrogens (tertiary/aromatic N) is 1. The van der Waals surface area contributed by atoms with Crippen LogP contribution < -0.4 is 4.52 Å². The highest BCUT2D eigenvalue weighted by Gasteiger charge is 2.14. The van der Waals surface area contributed by atoms with Crippen molar-refractivity contribution >= 4 is 24.8 Å². The van der Waals surface area contributed by atoms with Crippen molar-refractivity contribution < 1.29 is 23.5 Å². The van der Waals surface area contributed by atoms with Gasteiger partial charge in [-0.1, -0.05) is 12.7 Å². The van der Waals surface area contributed by atoms with Crippen molar-refractivity contribution in [3.8, 4) is 23.0 Å². The smallest absolute Gasteiger partial charge is 0.373 e. The van der Waals surface area contributed by atoms with Crippen LogP contribution in [0.4, 0.5) is 0 Å². The lowest BCUT2D eigenvalue weighted by molar-refractivity contribution is 0.387. The first-order chi connectivity index (χ1) is 10.9.